The minimum Gasteiger partial charge on any atom is -0.508 e. The molecule has 86 valence electrons. The highest BCUT2D eigenvalue weighted by Gasteiger charge is 1.97. The van der Waals surface area contributed by atoms with Crippen molar-refractivity contribution in [3.05, 3.63) is 53.6 Å². The van der Waals surface area contributed by atoms with E-state index >= 15 is 0 Å². The van der Waals surface area contributed by atoms with Gasteiger partial charge in [-0.05, 0) is 35.4 Å². The fourth-order valence-electron chi connectivity index (χ4n) is 1.42. The fraction of sp³-hybridized carbons (Fsp3) is 0. The third-order valence-electron chi connectivity index (χ3n) is 2.36. The Morgan fingerprint density at radius 1 is 0.647 bits per heavy atom. The van der Waals surface area contributed by atoms with Gasteiger partial charge in [0.05, 0.1) is 0 Å². The summed E-state index contributed by atoms with van der Waals surface area (Å²) in [5.74, 6) is -0.0472. The van der Waals surface area contributed by atoms with Crippen molar-refractivity contribution in [2.45, 2.75) is 0 Å². The topological polar surface area (TPSA) is 60.7 Å². The Kier molecular flexibility index (Phi) is 3.01. The second kappa shape index (κ2) is 4.61. The van der Waals surface area contributed by atoms with Gasteiger partial charge in [0.25, 0.3) is 0 Å². The SMILES string of the molecule is Oc1ccc(/C=C/c2ccc(O)c(O)c2)cc1. The molecule has 2 rings (SSSR count). The van der Waals surface area contributed by atoms with Crippen molar-refractivity contribution >= 4 is 12.2 Å². The van der Waals surface area contributed by atoms with Gasteiger partial charge in [-0.3, -0.25) is 0 Å². The lowest BCUT2D eigenvalue weighted by Gasteiger charge is -1.99. The van der Waals surface area contributed by atoms with Gasteiger partial charge in [-0.15, -0.1) is 0 Å². The number of benzene rings is 2. The van der Waals surface area contributed by atoms with Crippen LogP contribution in [0, 0.1) is 0 Å². The van der Waals surface area contributed by atoms with Crippen molar-refractivity contribution in [3.8, 4) is 17.2 Å². The maximum Gasteiger partial charge on any atom is 0.157 e. The smallest absolute Gasteiger partial charge is 0.157 e. The van der Waals surface area contributed by atoms with E-state index in [4.69, 9.17) is 10.2 Å². The number of rotatable bonds is 2. The summed E-state index contributed by atoms with van der Waals surface area (Å²) in [5.41, 5.74) is 1.73. The molecule has 0 aliphatic rings. The Bertz CT molecular complexity index is 542. The van der Waals surface area contributed by atoms with E-state index in [9.17, 15) is 5.11 Å². The van der Waals surface area contributed by atoms with Crippen LogP contribution in [-0.2, 0) is 0 Å². The zero-order chi connectivity index (χ0) is 12.3. The molecule has 3 N–H and O–H groups in total. The highest BCUT2D eigenvalue weighted by Crippen LogP contribution is 2.25. The number of phenolic OH excluding ortho intramolecular Hbond substituents is 3. The fourth-order valence-corrected chi connectivity index (χ4v) is 1.42. The molecule has 0 saturated heterocycles. The lowest BCUT2D eigenvalue weighted by molar-refractivity contribution is 0.403. The maximum atomic E-state index is 9.32. The van der Waals surface area contributed by atoms with E-state index in [0.29, 0.717) is 0 Å². The van der Waals surface area contributed by atoms with Crippen LogP contribution in [0.15, 0.2) is 42.5 Å². The van der Waals surface area contributed by atoms with Crippen molar-refractivity contribution in [2.75, 3.05) is 0 Å². The summed E-state index contributed by atoms with van der Waals surface area (Å²) >= 11 is 0. The van der Waals surface area contributed by atoms with E-state index < -0.39 is 0 Å². The molecule has 2 aromatic carbocycles. The Morgan fingerprint density at radius 2 is 1.24 bits per heavy atom. The normalized spacial score (nSPS) is 10.8. The summed E-state index contributed by atoms with van der Waals surface area (Å²) in [4.78, 5) is 0. The quantitative estimate of drug-likeness (QED) is 0.547. The van der Waals surface area contributed by atoms with Crippen LogP contribution >= 0.6 is 0 Å². The molecule has 0 unspecified atom stereocenters. The maximum absolute atomic E-state index is 9.32. The molecule has 0 aliphatic heterocycles. The van der Waals surface area contributed by atoms with Crippen LogP contribution in [0.3, 0.4) is 0 Å². The Labute approximate surface area is 98.9 Å². The molecule has 0 spiro atoms. The van der Waals surface area contributed by atoms with E-state index in [1.807, 2.05) is 12.2 Å². The van der Waals surface area contributed by atoms with Crippen LogP contribution in [0.2, 0.25) is 0 Å². The minimum atomic E-state index is -0.141. The summed E-state index contributed by atoms with van der Waals surface area (Å²) in [6.07, 6.45) is 3.66. The van der Waals surface area contributed by atoms with Crippen LogP contribution < -0.4 is 0 Å². The highest BCUT2D eigenvalue weighted by atomic mass is 16.3. The lowest BCUT2D eigenvalue weighted by Crippen LogP contribution is -1.74. The van der Waals surface area contributed by atoms with Gasteiger partial charge in [0.15, 0.2) is 11.5 Å². The number of phenols is 3. The molecule has 0 saturated carbocycles. The van der Waals surface area contributed by atoms with Gasteiger partial charge in [0.1, 0.15) is 5.75 Å². The van der Waals surface area contributed by atoms with Crippen molar-refractivity contribution in [1.29, 1.82) is 0 Å². The molecule has 17 heavy (non-hydrogen) atoms. The van der Waals surface area contributed by atoms with Gasteiger partial charge >= 0.3 is 0 Å². The number of aromatic hydroxyl groups is 3. The monoisotopic (exact) mass is 228 g/mol. The molecule has 3 nitrogen and oxygen atoms in total. The Morgan fingerprint density at radius 3 is 1.88 bits per heavy atom. The highest BCUT2D eigenvalue weighted by molar-refractivity contribution is 5.70. The van der Waals surface area contributed by atoms with Crippen LogP contribution in [0.1, 0.15) is 11.1 Å². The Hall–Kier alpha value is -2.42. The third kappa shape index (κ3) is 2.78. The molecule has 0 radical (unpaired) electrons. The molecule has 0 bridgehead atoms. The summed E-state index contributed by atoms with van der Waals surface area (Å²) < 4.78 is 0. The lowest BCUT2D eigenvalue weighted by atomic mass is 10.1. The van der Waals surface area contributed by atoms with Gasteiger partial charge in [-0.1, -0.05) is 30.4 Å². The first-order chi connectivity index (χ1) is 8.15. The standard InChI is InChI=1S/C14H12O3/c15-12-6-3-10(4-7-12)1-2-11-5-8-13(16)14(17)9-11/h1-9,15-17H/b2-1+. The average molecular weight is 228 g/mol. The molecule has 2 aromatic rings. The summed E-state index contributed by atoms with van der Waals surface area (Å²) in [6, 6.07) is 11.4. The minimum absolute atomic E-state index is 0.133. The van der Waals surface area contributed by atoms with Crippen LogP contribution in [0.4, 0.5) is 0 Å². The average Bonchev–Trinajstić information content (AvgIpc) is 2.33. The van der Waals surface area contributed by atoms with Crippen LogP contribution in [0.5, 0.6) is 17.2 Å². The summed E-state index contributed by atoms with van der Waals surface area (Å²) in [5, 5.41) is 27.6. The molecular formula is C14H12O3. The van der Waals surface area contributed by atoms with Crippen molar-refractivity contribution in [2.24, 2.45) is 0 Å². The molecule has 0 aliphatic carbocycles. The van der Waals surface area contributed by atoms with Crippen LogP contribution in [-0.4, -0.2) is 15.3 Å². The van der Waals surface area contributed by atoms with Gasteiger partial charge in [0, 0.05) is 0 Å². The molecule has 0 heterocycles. The Balaban J connectivity index is 2.20. The van der Waals surface area contributed by atoms with Gasteiger partial charge in [-0.25, -0.2) is 0 Å². The zero-order valence-electron chi connectivity index (χ0n) is 9.04. The molecular weight excluding hydrogens is 216 g/mol. The molecule has 0 amide bonds. The predicted octanol–water partition coefficient (Wildman–Crippen LogP) is 2.97. The zero-order valence-corrected chi connectivity index (χ0v) is 9.04. The largest absolute Gasteiger partial charge is 0.508 e. The molecule has 3 heteroatoms. The first kappa shape index (κ1) is 11.1. The van der Waals surface area contributed by atoms with Gasteiger partial charge in [-0.2, -0.15) is 0 Å². The van der Waals surface area contributed by atoms with Gasteiger partial charge in [0.2, 0.25) is 0 Å². The second-order valence-corrected chi connectivity index (χ2v) is 3.67. The first-order valence-corrected chi connectivity index (χ1v) is 5.14. The molecule has 0 fully saturated rings. The second-order valence-electron chi connectivity index (χ2n) is 3.67. The van der Waals surface area contributed by atoms with Crippen LogP contribution in [0.25, 0.3) is 12.2 Å². The van der Waals surface area contributed by atoms with E-state index in [2.05, 4.69) is 0 Å². The van der Waals surface area contributed by atoms with Gasteiger partial charge < -0.3 is 15.3 Å². The molecule has 0 aromatic heterocycles. The third-order valence-corrected chi connectivity index (χ3v) is 2.36. The first-order valence-electron chi connectivity index (χ1n) is 5.14. The van der Waals surface area contributed by atoms with E-state index in [1.54, 1.807) is 30.3 Å². The van der Waals surface area contributed by atoms with Crippen molar-refractivity contribution in [3.63, 3.8) is 0 Å². The number of hydrogen-bond acceptors (Lipinski definition) is 3. The van der Waals surface area contributed by atoms with E-state index in [1.165, 1.54) is 12.1 Å². The predicted molar refractivity (Wildman–Crippen MR) is 66.8 cm³/mol. The summed E-state index contributed by atoms with van der Waals surface area (Å²) in [7, 11) is 0. The molecule has 0 atom stereocenters. The number of hydrogen-bond donors (Lipinski definition) is 3. The van der Waals surface area contributed by atoms with Crippen molar-refractivity contribution in [1.82, 2.24) is 0 Å². The van der Waals surface area contributed by atoms with E-state index in [-0.39, 0.29) is 17.2 Å². The van der Waals surface area contributed by atoms with E-state index in [0.717, 1.165) is 11.1 Å². The van der Waals surface area contributed by atoms with Crippen molar-refractivity contribution < 1.29 is 15.3 Å². The summed E-state index contributed by atoms with van der Waals surface area (Å²) in [6.45, 7) is 0.